The van der Waals surface area contributed by atoms with Gasteiger partial charge in [-0.15, -0.1) is 12.4 Å². The van der Waals surface area contributed by atoms with Gasteiger partial charge in [0.15, 0.2) is 0 Å². The Kier molecular flexibility index (Phi) is 8.06. The van der Waals surface area contributed by atoms with Gasteiger partial charge in [0.25, 0.3) is 5.91 Å². The molecule has 0 bridgehead atoms. The zero-order valence-electron chi connectivity index (χ0n) is 17.9. The van der Waals surface area contributed by atoms with Crippen molar-refractivity contribution in [2.24, 2.45) is 0 Å². The molecule has 1 atom stereocenters. The van der Waals surface area contributed by atoms with Crippen LogP contribution < -0.4 is 5.32 Å². The predicted molar refractivity (Wildman–Crippen MR) is 123 cm³/mol. The van der Waals surface area contributed by atoms with Crippen molar-refractivity contribution in [3.05, 3.63) is 82.9 Å². The molecule has 1 heterocycles. The Morgan fingerprint density at radius 3 is 1.97 bits per heavy atom. The van der Waals surface area contributed by atoms with E-state index < -0.39 is 0 Å². The van der Waals surface area contributed by atoms with Gasteiger partial charge in [-0.25, -0.2) is 0 Å². The van der Waals surface area contributed by atoms with Crippen molar-refractivity contribution < 1.29 is 4.79 Å². The molecule has 1 aliphatic heterocycles. The summed E-state index contributed by atoms with van der Waals surface area (Å²) in [7, 11) is 0. The molecule has 29 heavy (non-hydrogen) atoms. The minimum absolute atomic E-state index is 0. The first-order chi connectivity index (χ1) is 13.5. The number of nitrogens with zero attached hydrogens (tertiary/aromatic N) is 1. The van der Waals surface area contributed by atoms with E-state index in [0.29, 0.717) is 0 Å². The number of rotatable bonds is 8. The number of hydrogen-bond donors (Lipinski definition) is 1. The summed E-state index contributed by atoms with van der Waals surface area (Å²) in [4.78, 5) is 14.7. The molecule has 1 unspecified atom stereocenters. The van der Waals surface area contributed by atoms with E-state index in [-0.39, 0.29) is 29.9 Å². The van der Waals surface area contributed by atoms with Gasteiger partial charge >= 0.3 is 0 Å². The summed E-state index contributed by atoms with van der Waals surface area (Å²) in [5.41, 5.74) is 4.39. The zero-order valence-corrected chi connectivity index (χ0v) is 18.8. The number of hydrogen-bond acceptors (Lipinski definition) is 2. The van der Waals surface area contributed by atoms with E-state index in [0.717, 1.165) is 37.1 Å². The molecule has 156 valence electrons. The monoisotopic (exact) mass is 412 g/mol. The highest BCUT2D eigenvalue weighted by molar-refractivity contribution is 5.96. The quantitative estimate of drug-likeness (QED) is 0.637. The molecule has 0 aromatic heterocycles. The van der Waals surface area contributed by atoms with Crippen LogP contribution in [0, 0.1) is 0 Å². The lowest BCUT2D eigenvalue weighted by Gasteiger charge is -2.35. The molecule has 0 saturated heterocycles. The van der Waals surface area contributed by atoms with Crippen LogP contribution in [0.15, 0.2) is 71.8 Å². The molecule has 3 rings (SSSR count). The van der Waals surface area contributed by atoms with Gasteiger partial charge in [0, 0.05) is 24.1 Å². The van der Waals surface area contributed by atoms with Crippen LogP contribution in [0.3, 0.4) is 0 Å². The summed E-state index contributed by atoms with van der Waals surface area (Å²) in [5.74, 6) is 0.171. The summed E-state index contributed by atoms with van der Waals surface area (Å²) >= 11 is 0. The number of nitrogens with one attached hydrogen (secondary N) is 1. The van der Waals surface area contributed by atoms with Gasteiger partial charge in [0.1, 0.15) is 6.17 Å². The second-order valence-corrected chi connectivity index (χ2v) is 8.01. The topological polar surface area (TPSA) is 32.3 Å². The van der Waals surface area contributed by atoms with Gasteiger partial charge < -0.3 is 4.90 Å². The van der Waals surface area contributed by atoms with E-state index in [4.69, 9.17) is 0 Å². The third-order valence-electron chi connectivity index (χ3n) is 6.12. The van der Waals surface area contributed by atoms with E-state index in [1.165, 1.54) is 11.1 Å². The first-order valence-electron chi connectivity index (χ1n) is 10.3. The summed E-state index contributed by atoms with van der Waals surface area (Å²) in [6, 6.07) is 21.3. The van der Waals surface area contributed by atoms with Crippen molar-refractivity contribution in [3.8, 4) is 0 Å². The standard InChI is InChI=1S/C25H32N2O.ClH/c1-5-6-17-27-23(19(2)20(3)24(27)28)26-18-25(4,21-13-9-7-10-14-21)22-15-11-8-12-16-22;/h7-16,23,26H,5-6,17-18H2,1-4H3;1H. The predicted octanol–water partition coefficient (Wildman–Crippen LogP) is 5.31. The van der Waals surface area contributed by atoms with Crippen molar-refractivity contribution in [1.82, 2.24) is 10.2 Å². The minimum atomic E-state index is -0.182. The third kappa shape index (κ3) is 4.73. The summed E-state index contributed by atoms with van der Waals surface area (Å²) in [6.45, 7) is 10.0. The van der Waals surface area contributed by atoms with Crippen LogP contribution in [-0.4, -0.2) is 30.1 Å². The van der Waals surface area contributed by atoms with Crippen molar-refractivity contribution in [1.29, 1.82) is 0 Å². The Bertz CT molecular complexity index is 793. The van der Waals surface area contributed by atoms with Gasteiger partial charge in [0.05, 0.1) is 0 Å². The highest BCUT2D eigenvalue weighted by Gasteiger charge is 2.36. The van der Waals surface area contributed by atoms with Crippen LogP contribution in [0.1, 0.15) is 51.7 Å². The summed E-state index contributed by atoms with van der Waals surface area (Å²) < 4.78 is 0. The lowest BCUT2D eigenvalue weighted by molar-refractivity contribution is -0.127. The lowest BCUT2D eigenvalue weighted by atomic mass is 9.76. The minimum Gasteiger partial charge on any atom is -0.319 e. The summed E-state index contributed by atoms with van der Waals surface area (Å²) in [5, 5.41) is 3.74. The molecule has 2 aromatic rings. The number of carbonyl (C=O) groups excluding carboxylic acids is 1. The van der Waals surface area contributed by atoms with Crippen molar-refractivity contribution >= 4 is 18.3 Å². The second-order valence-electron chi connectivity index (χ2n) is 8.01. The highest BCUT2D eigenvalue weighted by Crippen LogP contribution is 2.32. The molecule has 0 radical (unpaired) electrons. The number of amides is 1. The van der Waals surface area contributed by atoms with E-state index in [1.807, 2.05) is 11.8 Å². The molecule has 0 aliphatic carbocycles. The van der Waals surface area contributed by atoms with Crippen LogP contribution in [0.2, 0.25) is 0 Å². The van der Waals surface area contributed by atoms with Crippen molar-refractivity contribution in [3.63, 3.8) is 0 Å². The van der Waals surface area contributed by atoms with Gasteiger partial charge in [-0.3, -0.25) is 10.1 Å². The van der Waals surface area contributed by atoms with Gasteiger partial charge in [-0.2, -0.15) is 0 Å². The van der Waals surface area contributed by atoms with Gasteiger partial charge in [-0.1, -0.05) is 80.9 Å². The number of benzene rings is 2. The molecule has 1 amide bonds. The van der Waals surface area contributed by atoms with E-state index >= 15 is 0 Å². The molecule has 3 nitrogen and oxygen atoms in total. The molecular weight excluding hydrogens is 380 g/mol. The third-order valence-corrected chi connectivity index (χ3v) is 6.12. The largest absolute Gasteiger partial charge is 0.319 e. The maximum Gasteiger partial charge on any atom is 0.251 e. The SMILES string of the molecule is CCCCN1C(=O)C(C)=C(C)C1NCC(C)(c1ccccc1)c1ccccc1.Cl. The van der Waals surface area contributed by atoms with Crippen LogP contribution in [0.25, 0.3) is 0 Å². The van der Waals surface area contributed by atoms with E-state index in [9.17, 15) is 4.79 Å². The van der Waals surface area contributed by atoms with Gasteiger partial charge in [-0.05, 0) is 37.0 Å². The Hall–Kier alpha value is -2.10. The molecule has 0 saturated carbocycles. The van der Waals surface area contributed by atoms with Gasteiger partial charge in [0.2, 0.25) is 0 Å². The maximum atomic E-state index is 12.7. The Labute approximate surface area is 181 Å². The first kappa shape index (κ1) is 23.2. The Morgan fingerprint density at radius 1 is 0.966 bits per heavy atom. The Morgan fingerprint density at radius 2 is 1.48 bits per heavy atom. The molecule has 1 N–H and O–H groups in total. The van der Waals surface area contributed by atoms with Crippen LogP contribution in [0.4, 0.5) is 0 Å². The summed E-state index contributed by atoms with van der Waals surface area (Å²) in [6.07, 6.45) is 2.09. The number of halogens is 1. The molecule has 0 spiro atoms. The van der Waals surface area contributed by atoms with Crippen LogP contribution in [0.5, 0.6) is 0 Å². The second kappa shape index (κ2) is 10.1. The molecule has 0 fully saturated rings. The highest BCUT2D eigenvalue weighted by atomic mass is 35.5. The fourth-order valence-electron chi connectivity index (χ4n) is 4.05. The van der Waals surface area contributed by atoms with Crippen LogP contribution in [-0.2, 0) is 10.2 Å². The van der Waals surface area contributed by atoms with Crippen molar-refractivity contribution in [2.45, 2.75) is 52.1 Å². The van der Waals surface area contributed by atoms with E-state index in [1.54, 1.807) is 0 Å². The normalized spacial score (nSPS) is 16.9. The fourth-order valence-corrected chi connectivity index (χ4v) is 4.05. The fraction of sp³-hybridized carbons (Fsp3) is 0.400. The van der Waals surface area contributed by atoms with E-state index in [2.05, 4.69) is 86.8 Å². The number of carbonyl (C=O) groups is 1. The first-order valence-corrected chi connectivity index (χ1v) is 10.3. The average Bonchev–Trinajstić information content (AvgIpc) is 2.95. The average molecular weight is 413 g/mol. The van der Waals surface area contributed by atoms with Crippen molar-refractivity contribution in [2.75, 3.05) is 13.1 Å². The van der Waals surface area contributed by atoms with Crippen LogP contribution >= 0.6 is 12.4 Å². The molecule has 1 aliphatic rings. The smallest absolute Gasteiger partial charge is 0.251 e. The molecule has 2 aromatic carbocycles. The number of unbranched alkanes of at least 4 members (excludes halogenated alkanes) is 1. The molecule has 4 heteroatoms. The molecular formula is C25H33ClN2O. The lowest BCUT2D eigenvalue weighted by Crippen LogP contribution is -2.50. The Balaban J connectivity index is 0.00000300. The maximum absolute atomic E-state index is 12.7. The zero-order chi connectivity index (χ0) is 20.1.